The highest BCUT2D eigenvalue weighted by Crippen LogP contribution is 2.40. The molecule has 1 fully saturated rings. The molecule has 3 nitrogen and oxygen atoms in total. The Morgan fingerprint density at radius 2 is 2.05 bits per heavy atom. The molecule has 1 aromatic rings. The second kappa shape index (κ2) is 7.44. The zero-order valence-corrected chi connectivity index (χ0v) is 12.7. The zero-order chi connectivity index (χ0) is 14.4. The number of carbonyl (C=O) groups is 1. The summed E-state index contributed by atoms with van der Waals surface area (Å²) in [4.78, 5) is 13.7. The monoisotopic (exact) mass is 274 g/mol. The number of nitrogens with one attached hydrogen (secondary N) is 1. The maximum atomic E-state index is 11.9. The highest BCUT2D eigenvalue weighted by atomic mass is 16.2. The number of nitrogens with zero attached hydrogens (tertiary/aromatic N) is 1. The third-order valence-corrected chi connectivity index (χ3v) is 3.96. The minimum Gasteiger partial charge on any atom is -0.343 e. The van der Waals surface area contributed by atoms with Crippen molar-refractivity contribution in [3.05, 3.63) is 35.4 Å². The predicted molar refractivity (Wildman–Crippen MR) is 82.7 cm³/mol. The average Bonchev–Trinajstić information content (AvgIpc) is 3.30. The first-order valence-electron chi connectivity index (χ1n) is 7.82. The largest absolute Gasteiger partial charge is 0.343 e. The Balaban J connectivity index is 1.70. The van der Waals surface area contributed by atoms with Crippen LogP contribution >= 0.6 is 0 Å². The first-order chi connectivity index (χ1) is 9.74. The predicted octanol–water partition coefficient (Wildman–Crippen LogP) is 2.91. The van der Waals surface area contributed by atoms with Crippen LogP contribution in [0.4, 0.5) is 0 Å². The number of hydrogen-bond acceptors (Lipinski definition) is 2. The van der Waals surface area contributed by atoms with E-state index >= 15 is 0 Å². The van der Waals surface area contributed by atoms with Gasteiger partial charge < -0.3 is 10.2 Å². The lowest BCUT2D eigenvalue weighted by atomic mass is 10.1. The maximum absolute atomic E-state index is 11.9. The molecule has 1 N–H and O–H groups in total. The second-order valence-corrected chi connectivity index (χ2v) is 5.51. The van der Waals surface area contributed by atoms with Crippen molar-refractivity contribution in [2.75, 3.05) is 19.6 Å². The highest BCUT2D eigenvalue weighted by Gasteiger charge is 2.23. The second-order valence-electron chi connectivity index (χ2n) is 5.51. The van der Waals surface area contributed by atoms with Crippen LogP contribution in [-0.4, -0.2) is 30.4 Å². The Morgan fingerprint density at radius 3 is 2.70 bits per heavy atom. The molecule has 0 spiro atoms. The van der Waals surface area contributed by atoms with E-state index in [1.54, 1.807) is 0 Å². The molecule has 1 aliphatic rings. The van der Waals surface area contributed by atoms with Gasteiger partial charge in [0.2, 0.25) is 5.91 Å². The maximum Gasteiger partial charge on any atom is 0.223 e. The van der Waals surface area contributed by atoms with Gasteiger partial charge in [0.15, 0.2) is 0 Å². The molecule has 1 amide bonds. The van der Waals surface area contributed by atoms with Gasteiger partial charge in [-0.05, 0) is 43.7 Å². The molecule has 1 aliphatic carbocycles. The van der Waals surface area contributed by atoms with Gasteiger partial charge in [0.1, 0.15) is 0 Å². The quantitative estimate of drug-likeness (QED) is 0.739. The molecule has 2 rings (SSSR count). The molecule has 0 radical (unpaired) electrons. The molecule has 20 heavy (non-hydrogen) atoms. The lowest BCUT2D eigenvalue weighted by Gasteiger charge is -2.18. The Labute approximate surface area is 122 Å². The van der Waals surface area contributed by atoms with E-state index in [1.807, 2.05) is 18.7 Å². The molecule has 0 heterocycles. The van der Waals surface area contributed by atoms with Gasteiger partial charge >= 0.3 is 0 Å². The molecule has 110 valence electrons. The smallest absolute Gasteiger partial charge is 0.223 e. The summed E-state index contributed by atoms with van der Waals surface area (Å²) in [5.41, 5.74) is 2.80. The number of carbonyl (C=O) groups excluding carboxylic acids is 1. The van der Waals surface area contributed by atoms with Crippen molar-refractivity contribution in [2.45, 2.75) is 45.6 Å². The number of benzene rings is 1. The van der Waals surface area contributed by atoms with Gasteiger partial charge in [0.25, 0.3) is 0 Å². The lowest BCUT2D eigenvalue weighted by Crippen LogP contribution is -2.32. The topological polar surface area (TPSA) is 32.3 Å². The normalized spacial score (nSPS) is 14.3. The van der Waals surface area contributed by atoms with Gasteiger partial charge in [0.05, 0.1) is 0 Å². The number of hydrogen-bond donors (Lipinski definition) is 1. The average molecular weight is 274 g/mol. The first-order valence-corrected chi connectivity index (χ1v) is 7.82. The third-order valence-electron chi connectivity index (χ3n) is 3.96. The fourth-order valence-corrected chi connectivity index (χ4v) is 2.54. The molecule has 0 bridgehead atoms. The van der Waals surface area contributed by atoms with E-state index in [9.17, 15) is 4.79 Å². The zero-order valence-electron chi connectivity index (χ0n) is 12.7. The summed E-state index contributed by atoms with van der Waals surface area (Å²) in [7, 11) is 0. The Bertz CT molecular complexity index is 436. The summed E-state index contributed by atoms with van der Waals surface area (Å²) >= 11 is 0. The minimum atomic E-state index is 0.245. The lowest BCUT2D eigenvalue weighted by molar-refractivity contribution is -0.130. The van der Waals surface area contributed by atoms with Crippen molar-refractivity contribution in [1.82, 2.24) is 10.2 Å². The fourth-order valence-electron chi connectivity index (χ4n) is 2.54. The Hall–Kier alpha value is -1.35. The fraction of sp³-hybridized carbons (Fsp3) is 0.588. The van der Waals surface area contributed by atoms with Crippen LogP contribution in [-0.2, 0) is 11.3 Å². The van der Waals surface area contributed by atoms with Gasteiger partial charge in [-0.3, -0.25) is 4.79 Å². The van der Waals surface area contributed by atoms with E-state index in [0.717, 1.165) is 32.1 Å². The van der Waals surface area contributed by atoms with E-state index < -0.39 is 0 Å². The van der Waals surface area contributed by atoms with Crippen molar-refractivity contribution in [3.63, 3.8) is 0 Å². The standard InChI is InChI=1S/C17H26N2O/c1-3-19(4-2)17(20)10-11-18-13-14-6-5-7-16(12-14)15-8-9-15/h5-7,12,15,18H,3-4,8-11,13H2,1-2H3. The van der Waals surface area contributed by atoms with Gasteiger partial charge in [-0.25, -0.2) is 0 Å². The van der Waals surface area contributed by atoms with Crippen LogP contribution in [0.15, 0.2) is 24.3 Å². The van der Waals surface area contributed by atoms with Crippen LogP contribution in [0.1, 0.15) is 50.2 Å². The molecule has 0 aliphatic heterocycles. The van der Waals surface area contributed by atoms with Crippen LogP contribution in [0, 0.1) is 0 Å². The van der Waals surface area contributed by atoms with E-state index in [-0.39, 0.29) is 5.91 Å². The summed E-state index contributed by atoms with van der Waals surface area (Å²) in [6.45, 7) is 7.27. The molecule has 0 aromatic heterocycles. The summed E-state index contributed by atoms with van der Waals surface area (Å²) < 4.78 is 0. The van der Waals surface area contributed by atoms with Crippen LogP contribution in [0.2, 0.25) is 0 Å². The van der Waals surface area contributed by atoms with Crippen LogP contribution in [0.3, 0.4) is 0 Å². The van der Waals surface area contributed by atoms with E-state index in [4.69, 9.17) is 0 Å². The molecule has 0 unspecified atom stereocenters. The van der Waals surface area contributed by atoms with Crippen LogP contribution in [0.25, 0.3) is 0 Å². The number of amides is 1. The summed E-state index contributed by atoms with van der Waals surface area (Å²) in [6, 6.07) is 8.83. The third kappa shape index (κ3) is 4.34. The summed E-state index contributed by atoms with van der Waals surface area (Å²) in [6.07, 6.45) is 3.27. The van der Waals surface area contributed by atoms with Gasteiger partial charge in [-0.15, -0.1) is 0 Å². The summed E-state index contributed by atoms with van der Waals surface area (Å²) in [5.74, 6) is 1.05. The van der Waals surface area contributed by atoms with E-state index in [1.165, 1.54) is 24.0 Å². The van der Waals surface area contributed by atoms with Gasteiger partial charge in [-0.2, -0.15) is 0 Å². The van der Waals surface area contributed by atoms with Crippen molar-refractivity contribution in [2.24, 2.45) is 0 Å². The van der Waals surface area contributed by atoms with Crippen LogP contribution in [0.5, 0.6) is 0 Å². The highest BCUT2D eigenvalue weighted by molar-refractivity contribution is 5.76. The van der Waals surface area contributed by atoms with Crippen molar-refractivity contribution < 1.29 is 4.79 Å². The molecule has 3 heteroatoms. The van der Waals surface area contributed by atoms with Crippen LogP contribution < -0.4 is 5.32 Å². The Morgan fingerprint density at radius 1 is 1.30 bits per heavy atom. The van der Waals surface area contributed by atoms with Crippen molar-refractivity contribution in [1.29, 1.82) is 0 Å². The van der Waals surface area contributed by atoms with Gasteiger partial charge in [-0.1, -0.05) is 24.3 Å². The molecule has 1 saturated carbocycles. The Kier molecular flexibility index (Phi) is 5.60. The van der Waals surface area contributed by atoms with Crippen molar-refractivity contribution in [3.8, 4) is 0 Å². The molecular weight excluding hydrogens is 248 g/mol. The molecular formula is C17H26N2O. The summed E-state index contributed by atoms with van der Waals surface area (Å²) in [5, 5.41) is 3.37. The molecule has 1 aromatic carbocycles. The minimum absolute atomic E-state index is 0.245. The number of rotatable bonds is 8. The van der Waals surface area contributed by atoms with E-state index in [0.29, 0.717) is 6.42 Å². The molecule has 0 atom stereocenters. The van der Waals surface area contributed by atoms with Crippen molar-refractivity contribution >= 4 is 5.91 Å². The first kappa shape index (κ1) is 15.0. The SMILES string of the molecule is CCN(CC)C(=O)CCNCc1cccc(C2CC2)c1. The van der Waals surface area contributed by atoms with E-state index in [2.05, 4.69) is 29.6 Å². The van der Waals surface area contributed by atoms with Gasteiger partial charge in [0, 0.05) is 32.6 Å². The molecule has 0 saturated heterocycles.